The molecule has 1 aliphatic heterocycles. The number of ether oxygens (including phenoxy) is 2. The molecule has 3 rings (SSSR count). The second kappa shape index (κ2) is 6.56. The monoisotopic (exact) mass is 313 g/mol. The molecule has 0 aliphatic carbocycles. The van der Waals surface area contributed by atoms with Gasteiger partial charge in [-0.25, -0.2) is 4.98 Å². The third kappa shape index (κ3) is 3.71. The summed E-state index contributed by atoms with van der Waals surface area (Å²) in [7, 11) is 0. The number of anilines is 2. The molecule has 6 heteroatoms. The van der Waals surface area contributed by atoms with Gasteiger partial charge in [0.2, 0.25) is 6.79 Å². The van der Waals surface area contributed by atoms with Gasteiger partial charge in [0.1, 0.15) is 5.69 Å². The van der Waals surface area contributed by atoms with Gasteiger partial charge in [0.05, 0.1) is 11.9 Å². The third-order valence-electron chi connectivity index (χ3n) is 3.33. The van der Waals surface area contributed by atoms with Crippen molar-refractivity contribution in [1.82, 2.24) is 10.3 Å². The van der Waals surface area contributed by atoms with Gasteiger partial charge < -0.3 is 20.1 Å². The molecule has 0 saturated heterocycles. The Morgan fingerprint density at radius 2 is 1.96 bits per heavy atom. The summed E-state index contributed by atoms with van der Waals surface area (Å²) in [5.41, 5.74) is 2.07. The van der Waals surface area contributed by atoms with E-state index < -0.39 is 0 Å². The topological polar surface area (TPSA) is 72.5 Å². The van der Waals surface area contributed by atoms with Gasteiger partial charge >= 0.3 is 0 Å². The van der Waals surface area contributed by atoms with Crippen LogP contribution in [0.5, 0.6) is 11.5 Å². The van der Waals surface area contributed by atoms with Gasteiger partial charge in [-0.1, -0.05) is 13.8 Å². The van der Waals surface area contributed by atoms with E-state index in [9.17, 15) is 4.79 Å². The minimum absolute atomic E-state index is 0.159. The van der Waals surface area contributed by atoms with Gasteiger partial charge in [0, 0.05) is 18.3 Å². The highest BCUT2D eigenvalue weighted by atomic mass is 16.7. The average Bonchev–Trinajstić information content (AvgIpc) is 3.01. The van der Waals surface area contributed by atoms with Gasteiger partial charge in [-0.05, 0) is 30.2 Å². The van der Waals surface area contributed by atoms with Crippen LogP contribution in [0.25, 0.3) is 0 Å². The van der Waals surface area contributed by atoms with Gasteiger partial charge in [-0.3, -0.25) is 4.79 Å². The van der Waals surface area contributed by atoms with Crippen LogP contribution in [0.15, 0.2) is 36.5 Å². The molecule has 1 amide bonds. The number of nitrogens with one attached hydrogen (secondary N) is 2. The summed E-state index contributed by atoms with van der Waals surface area (Å²) < 4.78 is 10.6. The maximum Gasteiger partial charge on any atom is 0.269 e. The summed E-state index contributed by atoms with van der Waals surface area (Å²) in [6.45, 7) is 4.98. The lowest BCUT2D eigenvalue weighted by atomic mass is 10.2. The molecular formula is C17H19N3O3. The molecule has 2 heterocycles. The van der Waals surface area contributed by atoms with E-state index in [1.54, 1.807) is 12.3 Å². The van der Waals surface area contributed by atoms with E-state index in [-0.39, 0.29) is 12.7 Å². The summed E-state index contributed by atoms with van der Waals surface area (Å²) >= 11 is 0. The number of rotatable bonds is 5. The van der Waals surface area contributed by atoms with Crippen molar-refractivity contribution < 1.29 is 14.3 Å². The molecule has 23 heavy (non-hydrogen) atoms. The van der Waals surface area contributed by atoms with E-state index in [4.69, 9.17) is 9.47 Å². The second-order valence-electron chi connectivity index (χ2n) is 5.73. The lowest BCUT2D eigenvalue weighted by Gasteiger charge is -2.09. The second-order valence-corrected chi connectivity index (χ2v) is 5.73. The number of pyridine rings is 1. The average molecular weight is 313 g/mol. The zero-order valence-electron chi connectivity index (χ0n) is 13.1. The number of fused-ring (bicyclic) bond motifs is 1. The van der Waals surface area contributed by atoms with Crippen molar-refractivity contribution in [1.29, 1.82) is 0 Å². The van der Waals surface area contributed by atoms with Gasteiger partial charge in [0.15, 0.2) is 11.5 Å². The summed E-state index contributed by atoms with van der Waals surface area (Å²) in [5.74, 6) is 1.71. The Labute approximate surface area is 134 Å². The van der Waals surface area contributed by atoms with Crippen molar-refractivity contribution in [2.75, 3.05) is 18.7 Å². The number of carbonyl (C=O) groups is 1. The number of nitrogens with zero attached hydrogens (tertiary/aromatic N) is 1. The first kappa shape index (κ1) is 15.1. The molecule has 0 unspecified atom stereocenters. The van der Waals surface area contributed by atoms with Crippen molar-refractivity contribution in [3.05, 3.63) is 42.2 Å². The summed E-state index contributed by atoms with van der Waals surface area (Å²) in [5, 5.41) is 6.06. The molecule has 1 aromatic heterocycles. The Balaban J connectivity index is 1.64. The van der Waals surface area contributed by atoms with E-state index in [2.05, 4.69) is 15.6 Å². The standard InChI is InChI=1S/C17H19N3O3/c1-11(2)8-19-17(21)14-5-3-13(9-18-14)20-12-4-6-15-16(7-12)23-10-22-15/h3-7,9,11,20H,8,10H2,1-2H3,(H,19,21). The molecule has 120 valence electrons. The largest absolute Gasteiger partial charge is 0.454 e. The van der Waals surface area contributed by atoms with Gasteiger partial charge in [0.25, 0.3) is 5.91 Å². The lowest BCUT2D eigenvalue weighted by Crippen LogP contribution is -2.27. The van der Waals surface area contributed by atoms with E-state index in [0.29, 0.717) is 23.9 Å². The maximum atomic E-state index is 11.9. The number of amides is 1. The van der Waals surface area contributed by atoms with Gasteiger partial charge in [-0.2, -0.15) is 0 Å². The zero-order chi connectivity index (χ0) is 16.2. The van der Waals surface area contributed by atoms with Crippen molar-refractivity contribution in [2.24, 2.45) is 5.92 Å². The Morgan fingerprint density at radius 3 is 2.70 bits per heavy atom. The quantitative estimate of drug-likeness (QED) is 0.888. The van der Waals surface area contributed by atoms with Crippen LogP contribution in [0.3, 0.4) is 0 Å². The summed E-state index contributed by atoms with van der Waals surface area (Å²) in [6.07, 6.45) is 1.63. The van der Waals surface area contributed by atoms with Gasteiger partial charge in [-0.15, -0.1) is 0 Å². The molecule has 0 fully saturated rings. The minimum Gasteiger partial charge on any atom is -0.454 e. The Hall–Kier alpha value is -2.76. The van der Waals surface area contributed by atoms with Crippen LogP contribution >= 0.6 is 0 Å². The van der Waals surface area contributed by atoms with E-state index >= 15 is 0 Å². The molecule has 0 radical (unpaired) electrons. The normalized spacial score (nSPS) is 12.3. The Morgan fingerprint density at radius 1 is 1.17 bits per heavy atom. The van der Waals surface area contributed by atoms with Crippen LogP contribution in [0.1, 0.15) is 24.3 Å². The fraction of sp³-hybridized carbons (Fsp3) is 0.294. The third-order valence-corrected chi connectivity index (χ3v) is 3.33. The lowest BCUT2D eigenvalue weighted by molar-refractivity contribution is 0.0944. The van der Waals surface area contributed by atoms with Crippen LogP contribution in [-0.2, 0) is 0 Å². The van der Waals surface area contributed by atoms with Crippen LogP contribution in [0.2, 0.25) is 0 Å². The molecular weight excluding hydrogens is 294 g/mol. The first-order chi connectivity index (χ1) is 11.1. The number of hydrogen-bond acceptors (Lipinski definition) is 5. The van der Waals surface area contributed by atoms with Crippen molar-refractivity contribution in [3.63, 3.8) is 0 Å². The first-order valence-corrected chi connectivity index (χ1v) is 7.53. The highest BCUT2D eigenvalue weighted by molar-refractivity contribution is 5.92. The number of hydrogen-bond donors (Lipinski definition) is 2. The fourth-order valence-corrected chi connectivity index (χ4v) is 2.13. The molecule has 0 atom stereocenters. The predicted molar refractivity (Wildman–Crippen MR) is 87.3 cm³/mol. The minimum atomic E-state index is -0.159. The number of aromatic nitrogens is 1. The molecule has 6 nitrogen and oxygen atoms in total. The number of benzene rings is 1. The van der Waals surface area contributed by atoms with Crippen LogP contribution < -0.4 is 20.1 Å². The number of carbonyl (C=O) groups excluding carboxylic acids is 1. The summed E-state index contributed by atoms with van der Waals surface area (Å²) in [6, 6.07) is 9.14. The zero-order valence-corrected chi connectivity index (χ0v) is 13.1. The van der Waals surface area contributed by atoms with Crippen LogP contribution in [-0.4, -0.2) is 24.2 Å². The predicted octanol–water partition coefficient (Wildman–Crippen LogP) is 2.94. The molecule has 2 aromatic rings. The van der Waals surface area contributed by atoms with E-state index in [0.717, 1.165) is 17.1 Å². The molecule has 1 aliphatic rings. The van der Waals surface area contributed by atoms with Crippen molar-refractivity contribution in [2.45, 2.75) is 13.8 Å². The van der Waals surface area contributed by atoms with Crippen molar-refractivity contribution >= 4 is 17.3 Å². The molecule has 0 bridgehead atoms. The molecule has 0 spiro atoms. The Bertz CT molecular complexity index is 699. The van der Waals surface area contributed by atoms with Crippen LogP contribution in [0, 0.1) is 5.92 Å². The van der Waals surface area contributed by atoms with E-state index in [1.165, 1.54) is 0 Å². The smallest absolute Gasteiger partial charge is 0.269 e. The molecule has 2 N–H and O–H groups in total. The van der Waals surface area contributed by atoms with Crippen molar-refractivity contribution in [3.8, 4) is 11.5 Å². The molecule has 1 aromatic carbocycles. The fourth-order valence-electron chi connectivity index (χ4n) is 2.13. The van der Waals surface area contributed by atoms with E-state index in [1.807, 2.05) is 38.1 Å². The first-order valence-electron chi connectivity index (χ1n) is 7.53. The highest BCUT2D eigenvalue weighted by Gasteiger charge is 2.13. The SMILES string of the molecule is CC(C)CNC(=O)c1ccc(Nc2ccc3c(c2)OCO3)cn1. The summed E-state index contributed by atoms with van der Waals surface area (Å²) in [4.78, 5) is 16.1. The maximum absolute atomic E-state index is 11.9. The highest BCUT2D eigenvalue weighted by Crippen LogP contribution is 2.34. The van der Waals surface area contributed by atoms with Crippen LogP contribution in [0.4, 0.5) is 11.4 Å². The molecule has 0 saturated carbocycles. The Kier molecular flexibility index (Phi) is 4.32.